The van der Waals surface area contributed by atoms with Gasteiger partial charge in [-0.05, 0) is 40.5 Å². The minimum atomic E-state index is -2.99. The molecule has 0 radical (unpaired) electrons. The molecule has 0 spiro atoms. The summed E-state index contributed by atoms with van der Waals surface area (Å²) in [5.74, 6) is 0.391. The third kappa shape index (κ3) is 4.46. The lowest BCUT2D eigenvalue weighted by molar-refractivity contribution is -0.123. The van der Waals surface area contributed by atoms with Crippen LogP contribution in [0.25, 0.3) is 0 Å². The number of ether oxygens (including phenoxy) is 1. The minimum absolute atomic E-state index is 0.0146. The number of halogens is 2. The Morgan fingerprint density at radius 2 is 2.15 bits per heavy atom. The van der Waals surface area contributed by atoms with E-state index in [1.54, 1.807) is 6.07 Å². The van der Waals surface area contributed by atoms with Crippen molar-refractivity contribution < 1.29 is 17.9 Å². The third-order valence-corrected chi connectivity index (χ3v) is 5.73. The van der Waals surface area contributed by atoms with Gasteiger partial charge in [-0.15, -0.1) is 0 Å². The highest BCUT2D eigenvalue weighted by molar-refractivity contribution is 9.11. The van der Waals surface area contributed by atoms with Crippen molar-refractivity contribution in [3.63, 3.8) is 0 Å². The van der Waals surface area contributed by atoms with E-state index in [-0.39, 0.29) is 30.1 Å². The Labute approximate surface area is 134 Å². The molecule has 1 fully saturated rings. The second kappa shape index (κ2) is 6.44. The molecule has 1 N–H and O–H groups in total. The van der Waals surface area contributed by atoms with Gasteiger partial charge in [0.05, 0.1) is 16.0 Å². The highest BCUT2D eigenvalue weighted by Gasteiger charge is 2.28. The molecule has 0 bridgehead atoms. The van der Waals surface area contributed by atoms with E-state index in [4.69, 9.17) is 4.74 Å². The number of carbonyl (C=O) groups is 1. The first kappa shape index (κ1) is 15.8. The van der Waals surface area contributed by atoms with Gasteiger partial charge in [0, 0.05) is 10.5 Å². The zero-order valence-electron chi connectivity index (χ0n) is 10.4. The molecular formula is C12H13Br2NO4S. The lowest BCUT2D eigenvalue weighted by Crippen LogP contribution is -2.38. The summed E-state index contributed by atoms with van der Waals surface area (Å²) in [5, 5.41) is 2.67. The molecule has 1 heterocycles. The Morgan fingerprint density at radius 3 is 2.75 bits per heavy atom. The molecule has 110 valence electrons. The molecule has 8 heteroatoms. The maximum absolute atomic E-state index is 11.7. The van der Waals surface area contributed by atoms with Crippen LogP contribution in [0.5, 0.6) is 5.75 Å². The highest BCUT2D eigenvalue weighted by atomic mass is 79.9. The first-order valence-corrected chi connectivity index (χ1v) is 9.34. The summed E-state index contributed by atoms with van der Waals surface area (Å²) in [6, 6.07) is 5.06. The summed E-state index contributed by atoms with van der Waals surface area (Å²) in [7, 11) is -2.99. The fraction of sp³-hybridized carbons (Fsp3) is 0.417. The summed E-state index contributed by atoms with van der Waals surface area (Å²) >= 11 is 6.66. The largest absolute Gasteiger partial charge is 0.483 e. The molecule has 1 aliphatic heterocycles. The maximum atomic E-state index is 11.7. The number of carbonyl (C=O) groups excluding carboxylic acids is 1. The van der Waals surface area contributed by atoms with Gasteiger partial charge in [0.1, 0.15) is 5.75 Å². The van der Waals surface area contributed by atoms with Gasteiger partial charge < -0.3 is 10.1 Å². The zero-order valence-corrected chi connectivity index (χ0v) is 14.4. The molecule has 20 heavy (non-hydrogen) atoms. The summed E-state index contributed by atoms with van der Waals surface area (Å²) < 4.78 is 29.6. The number of hydrogen-bond donors (Lipinski definition) is 1. The van der Waals surface area contributed by atoms with E-state index >= 15 is 0 Å². The van der Waals surface area contributed by atoms with E-state index in [1.165, 1.54) is 0 Å². The van der Waals surface area contributed by atoms with Crippen molar-refractivity contribution >= 4 is 47.6 Å². The van der Waals surface area contributed by atoms with E-state index in [9.17, 15) is 13.2 Å². The van der Waals surface area contributed by atoms with E-state index in [0.29, 0.717) is 12.2 Å². The lowest BCUT2D eigenvalue weighted by atomic mass is 10.2. The van der Waals surface area contributed by atoms with Crippen LogP contribution in [-0.2, 0) is 14.6 Å². The Morgan fingerprint density at radius 1 is 1.40 bits per heavy atom. The van der Waals surface area contributed by atoms with E-state index in [1.807, 2.05) is 12.1 Å². The Bertz CT molecular complexity index is 618. The number of nitrogens with one attached hydrogen (secondary N) is 1. The highest BCUT2D eigenvalue weighted by Crippen LogP contribution is 2.28. The van der Waals surface area contributed by atoms with Gasteiger partial charge in [-0.25, -0.2) is 8.42 Å². The molecule has 0 aromatic heterocycles. The molecule has 1 amide bonds. The molecule has 1 aromatic rings. The van der Waals surface area contributed by atoms with Gasteiger partial charge in [0.15, 0.2) is 16.4 Å². The van der Waals surface area contributed by atoms with Crippen LogP contribution < -0.4 is 10.1 Å². The summed E-state index contributed by atoms with van der Waals surface area (Å²) in [6.07, 6.45) is 0.468. The summed E-state index contributed by atoms with van der Waals surface area (Å²) in [6.45, 7) is -0.142. The molecule has 0 unspecified atom stereocenters. The second-order valence-electron chi connectivity index (χ2n) is 4.53. The summed E-state index contributed by atoms with van der Waals surface area (Å²) in [4.78, 5) is 11.7. The predicted molar refractivity (Wildman–Crippen MR) is 82.5 cm³/mol. The Hall–Kier alpha value is -0.600. The Kier molecular flexibility index (Phi) is 5.09. The number of hydrogen-bond acceptors (Lipinski definition) is 4. The standard InChI is InChI=1S/C12H13Br2NO4S/c13-8-1-2-11(10(14)5-8)19-6-12(16)15-9-3-4-20(17,18)7-9/h1-2,5,9H,3-4,6-7H2,(H,15,16)/t9-/m0/s1. The van der Waals surface area contributed by atoms with Crippen LogP contribution in [-0.4, -0.2) is 38.5 Å². The molecular weight excluding hydrogens is 414 g/mol. The fourth-order valence-electron chi connectivity index (χ4n) is 1.91. The van der Waals surface area contributed by atoms with Gasteiger partial charge in [0.2, 0.25) is 0 Å². The monoisotopic (exact) mass is 425 g/mol. The smallest absolute Gasteiger partial charge is 0.258 e. The van der Waals surface area contributed by atoms with Crippen LogP contribution in [0.4, 0.5) is 0 Å². The molecule has 0 aliphatic carbocycles. The molecule has 0 saturated carbocycles. The molecule has 1 saturated heterocycles. The quantitative estimate of drug-likeness (QED) is 0.797. The summed E-state index contributed by atoms with van der Waals surface area (Å²) in [5.41, 5.74) is 0. The number of sulfone groups is 1. The molecule has 2 rings (SSSR count). The van der Waals surface area contributed by atoms with Crippen LogP contribution in [0.3, 0.4) is 0 Å². The van der Waals surface area contributed by atoms with Crippen LogP contribution in [0.2, 0.25) is 0 Å². The van der Waals surface area contributed by atoms with Crippen LogP contribution in [0.15, 0.2) is 27.1 Å². The van der Waals surface area contributed by atoms with Gasteiger partial charge >= 0.3 is 0 Å². The first-order chi connectivity index (χ1) is 9.35. The zero-order chi connectivity index (χ0) is 14.8. The molecule has 5 nitrogen and oxygen atoms in total. The molecule has 1 atom stereocenters. The number of amides is 1. The fourth-order valence-corrected chi connectivity index (χ4v) is 4.75. The topological polar surface area (TPSA) is 72.5 Å². The van der Waals surface area contributed by atoms with Crippen LogP contribution in [0, 0.1) is 0 Å². The van der Waals surface area contributed by atoms with Crippen molar-refractivity contribution in [2.24, 2.45) is 0 Å². The van der Waals surface area contributed by atoms with Gasteiger partial charge in [0.25, 0.3) is 5.91 Å². The minimum Gasteiger partial charge on any atom is -0.483 e. The van der Waals surface area contributed by atoms with Crippen LogP contribution >= 0.6 is 31.9 Å². The lowest BCUT2D eigenvalue weighted by Gasteiger charge is -2.12. The predicted octanol–water partition coefficient (Wildman–Crippen LogP) is 1.89. The van der Waals surface area contributed by atoms with E-state index < -0.39 is 9.84 Å². The number of rotatable bonds is 4. The van der Waals surface area contributed by atoms with Crippen molar-refractivity contribution in [3.05, 3.63) is 27.1 Å². The van der Waals surface area contributed by atoms with Gasteiger partial charge in [-0.2, -0.15) is 0 Å². The first-order valence-electron chi connectivity index (χ1n) is 5.93. The third-order valence-electron chi connectivity index (χ3n) is 2.85. The van der Waals surface area contributed by atoms with Crippen molar-refractivity contribution in [1.82, 2.24) is 5.32 Å². The van der Waals surface area contributed by atoms with E-state index in [0.717, 1.165) is 8.95 Å². The van der Waals surface area contributed by atoms with Gasteiger partial charge in [-0.1, -0.05) is 15.9 Å². The van der Waals surface area contributed by atoms with Gasteiger partial charge in [-0.3, -0.25) is 4.79 Å². The average molecular weight is 427 g/mol. The van der Waals surface area contributed by atoms with Crippen molar-refractivity contribution in [1.29, 1.82) is 0 Å². The van der Waals surface area contributed by atoms with Crippen molar-refractivity contribution in [3.8, 4) is 5.75 Å². The SMILES string of the molecule is O=C(COc1ccc(Br)cc1Br)N[C@H]1CCS(=O)(=O)C1. The molecule has 1 aromatic carbocycles. The normalized spacial score (nSPS) is 20.6. The average Bonchev–Trinajstić information content (AvgIpc) is 2.67. The van der Waals surface area contributed by atoms with E-state index in [2.05, 4.69) is 37.2 Å². The second-order valence-corrected chi connectivity index (χ2v) is 8.53. The molecule has 1 aliphatic rings. The Balaban J connectivity index is 1.84. The number of benzene rings is 1. The maximum Gasteiger partial charge on any atom is 0.258 e. The van der Waals surface area contributed by atoms with Crippen molar-refractivity contribution in [2.75, 3.05) is 18.1 Å². The van der Waals surface area contributed by atoms with Crippen LogP contribution in [0.1, 0.15) is 6.42 Å². The van der Waals surface area contributed by atoms with Crippen molar-refractivity contribution in [2.45, 2.75) is 12.5 Å².